The molecule has 0 aromatic heterocycles. The van der Waals surface area contributed by atoms with E-state index < -0.39 is 9.28 Å². The first-order chi connectivity index (χ1) is 10.6. The molecular weight excluding hydrogens is 290 g/mol. The molecule has 0 bridgehead atoms. The monoisotopic (exact) mass is 332 g/mol. The highest BCUT2D eigenvalue weighted by molar-refractivity contribution is 6.44. The fourth-order valence-corrected chi connectivity index (χ4v) is 4.70. The number of quaternary nitrogens is 1. The van der Waals surface area contributed by atoms with Gasteiger partial charge < -0.3 is 13.3 Å². The van der Waals surface area contributed by atoms with Crippen LogP contribution in [0, 0.1) is 0 Å². The molecule has 0 aliphatic carbocycles. The van der Waals surface area contributed by atoms with E-state index in [-0.39, 0.29) is 0 Å². The zero-order valence-electron chi connectivity index (χ0n) is 16.2. The lowest BCUT2D eigenvalue weighted by Gasteiger charge is -2.42. The Morgan fingerprint density at radius 2 is 1.36 bits per heavy atom. The molecule has 22 heavy (non-hydrogen) atoms. The SMILES string of the molecule is CCCC[N+](C)(CCCC)C(CCC)CCC[SiH](OC)OC. The highest BCUT2D eigenvalue weighted by atomic mass is 28.3. The minimum absolute atomic E-state index is 0.812. The molecule has 0 spiro atoms. The second kappa shape index (κ2) is 13.5. The number of hydrogen-bond donors (Lipinski definition) is 0. The Morgan fingerprint density at radius 3 is 1.77 bits per heavy atom. The summed E-state index contributed by atoms with van der Waals surface area (Å²) in [6.07, 6.45) is 10.6. The third-order valence-corrected chi connectivity index (χ3v) is 6.98. The molecule has 0 amide bonds. The van der Waals surface area contributed by atoms with Gasteiger partial charge in [0.2, 0.25) is 0 Å². The highest BCUT2D eigenvalue weighted by Crippen LogP contribution is 2.24. The summed E-state index contributed by atoms with van der Waals surface area (Å²) in [7, 11) is 4.73. The minimum atomic E-state index is -1.38. The quantitative estimate of drug-likeness (QED) is 0.325. The molecule has 0 fully saturated rings. The Bertz CT molecular complexity index is 239. The van der Waals surface area contributed by atoms with Crippen LogP contribution >= 0.6 is 0 Å². The smallest absolute Gasteiger partial charge is 0.320 e. The molecule has 0 aromatic rings. The molecule has 1 unspecified atom stereocenters. The van der Waals surface area contributed by atoms with Crippen LogP contribution in [0.15, 0.2) is 0 Å². The Hall–Kier alpha value is 0.0969. The molecular formula is C18H42NO2Si+. The predicted molar refractivity (Wildman–Crippen MR) is 99.6 cm³/mol. The van der Waals surface area contributed by atoms with E-state index in [1.807, 2.05) is 0 Å². The van der Waals surface area contributed by atoms with Gasteiger partial charge >= 0.3 is 9.28 Å². The van der Waals surface area contributed by atoms with Gasteiger partial charge in [-0.25, -0.2) is 0 Å². The van der Waals surface area contributed by atoms with Crippen molar-refractivity contribution in [2.24, 2.45) is 0 Å². The van der Waals surface area contributed by atoms with Crippen molar-refractivity contribution in [1.29, 1.82) is 0 Å². The van der Waals surface area contributed by atoms with Crippen LogP contribution in [0.3, 0.4) is 0 Å². The van der Waals surface area contributed by atoms with Crippen LogP contribution in [0.25, 0.3) is 0 Å². The van der Waals surface area contributed by atoms with Gasteiger partial charge in [-0.05, 0) is 38.1 Å². The average molecular weight is 333 g/mol. The number of unbranched alkanes of at least 4 members (excludes halogenated alkanes) is 2. The Morgan fingerprint density at radius 1 is 0.818 bits per heavy atom. The van der Waals surface area contributed by atoms with E-state index in [4.69, 9.17) is 8.85 Å². The molecule has 0 saturated heterocycles. The van der Waals surface area contributed by atoms with Gasteiger partial charge in [0.1, 0.15) is 0 Å². The molecule has 1 atom stereocenters. The maximum absolute atomic E-state index is 5.47. The molecule has 0 heterocycles. The lowest BCUT2D eigenvalue weighted by atomic mass is 10.0. The normalized spacial score (nSPS) is 13.8. The minimum Gasteiger partial charge on any atom is -0.400 e. The van der Waals surface area contributed by atoms with Gasteiger partial charge in [0.15, 0.2) is 0 Å². The van der Waals surface area contributed by atoms with E-state index in [0.29, 0.717) is 0 Å². The summed E-state index contributed by atoms with van der Waals surface area (Å²) in [5.41, 5.74) is 0. The molecule has 0 saturated carbocycles. The van der Waals surface area contributed by atoms with E-state index in [2.05, 4.69) is 27.8 Å². The van der Waals surface area contributed by atoms with Gasteiger partial charge in [-0.2, -0.15) is 0 Å². The van der Waals surface area contributed by atoms with E-state index in [1.54, 1.807) is 14.2 Å². The second-order valence-corrected chi connectivity index (χ2v) is 9.29. The summed E-state index contributed by atoms with van der Waals surface area (Å²) in [6.45, 7) is 9.64. The van der Waals surface area contributed by atoms with Crippen molar-refractivity contribution < 1.29 is 13.3 Å². The summed E-state index contributed by atoms with van der Waals surface area (Å²) in [6, 6.07) is 1.96. The largest absolute Gasteiger partial charge is 0.400 e. The molecule has 0 aromatic carbocycles. The van der Waals surface area contributed by atoms with Crippen LogP contribution in [-0.2, 0) is 8.85 Å². The zero-order chi connectivity index (χ0) is 16.8. The standard InChI is InChI=1S/C18H42NO2Si/c1-7-10-15-19(4,16-11-8-2)18(13-9-3)14-12-17-22(20-5)21-6/h18,22H,7-17H2,1-6H3/q+1. The maximum atomic E-state index is 5.47. The van der Waals surface area contributed by atoms with Crippen LogP contribution in [0.4, 0.5) is 0 Å². The summed E-state index contributed by atoms with van der Waals surface area (Å²) in [5, 5.41) is 0. The van der Waals surface area contributed by atoms with E-state index in [9.17, 15) is 0 Å². The molecule has 0 rings (SSSR count). The van der Waals surface area contributed by atoms with Crippen molar-refractivity contribution in [3.05, 3.63) is 0 Å². The van der Waals surface area contributed by atoms with Crippen LogP contribution in [-0.4, -0.2) is 54.2 Å². The lowest BCUT2D eigenvalue weighted by molar-refractivity contribution is -0.934. The van der Waals surface area contributed by atoms with Gasteiger partial charge in [-0.15, -0.1) is 0 Å². The topological polar surface area (TPSA) is 18.5 Å². The Labute approximate surface area is 141 Å². The fraction of sp³-hybridized carbons (Fsp3) is 1.00. The van der Waals surface area contributed by atoms with Crippen LogP contribution in [0.2, 0.25) is 6.04 Å². The van der Waals surface area contributed by atoms with E-state index in [0.717, 1.165) is 12.1 Å². The molecule has 0 aliphatic rings. The first-order valence-corrected chi connectivity index (χ1v) is 11.2. The van der Waals surface area contributed by atoms with Crippen LogP contribution < -0.4 is 0 Å². The lowest BCUT2D eigenvalue weighted by Crippen LogP contribution is -2.53. The number of nitrogens with zero attached hydrogens (tertiary/aromatic N) is 1. The summed E-state index contributed by atoms with van der Waals surface area (Å²) in [4.78, 5) is 0. The summed E-state index contributed by atoms with van der Waals surface area (Å²) >= 11 is 0. The third-order valence-electron chi connectivity index (χ3n) is 5.05. The zero-order valence-corrected chi connectivity index (χ0v) is 17.4. The van der Waals surface area contributed by atoms with Crippen molar-refractivity contribution in [3.8, 4) is 0 Å². The van der Waals surface area contributed by atoms with Gasteiger partial charge in [-0.1, -0.05) is 40.0 Å². The van der Waals surface area contributed by atoms with E-state index >= 15 is 0 Å². The molecule has 0 aliphatic heterocycles. The molecule has 0 N–H and O–H groups in total. The van der Waals surface area contributed by atoms with Crippen molar-refractivity contribution in [1.82, 2.24) is 0 Å². The van der Waals surface area contributed by atoms with Gasteiger partial charge in [0, 0.05) is 14.2 Å². The fourth-order valence-electron chi connectivity index (χ4n) is 3.47. The number of hydrogen-bond acceptors (Lipinski definition) is 2. The Balaban J connectivity index is 4.65. The Kier molecular flexibility index (Phi) is 13.6. The van der Waals surface area contributed by atoms with Crippen molar-refractivity contribution in [2.75, 3.05) is 34.4 Å². The first-order valence-electron chi connectivity index (χ1n) is 9.47. The van der Waals surface area contributed by atoms with Crippen LogP contribution in [0.1, 0.15) is 72.1 Å². The van der Waals surface area contributed by atoms with Gasteiger partial charge in [0.05, 0.1) is 26.2 Å². The number of rotatable bonds is 15. The van der Waals surface area contributed by atoms with Crippen molar-refractivity contribution in [3.63, 3.8) is 0 Å². The predicted octanol–water partition coefficient (Wildman–Crippen LogP) is 4.50. The third kappa shape index (κ3) is 8.66. The second-order valence-electron chi connectivity index (χ2n) is 6.91. The highest BCUT2D eigenvalue weighted by Gasteiger charge is 2.30. The van der Waals surface area contributed by atoms with Crippen LogP contribution in [0.5, 0.6) is 0 Å². The first kappa shape index (κ1) is 22.1. The maximum Gasteiger partial charge on any atom is 0.320 e. The molecule has 0 radical (unpaired) electrons. The van der Waals surface area contributed by atoms with Gasteiger partial charge in [0.25, 0.3) is 0 Å². The average Bonchev–Trinajstić information content (AvgIpc) is 2.54. The summed E-state index contributed by atoms with van der Waals surface area (Å²) in [5.74, 6) is 0. The van der Waals surface area contributed by atoms with Crippen molar-refractivity contribution in [2.45, 2.75) is 84.2 Å². The molecule has 4 heteroatoms. The van der Waals surface area contributed by atoms with E-state index in [1.165, 1.54) is 68.9 Å². The van der Waals surface area contributed by atoms with Crippen molar-refractivity contribution >= 4 is 9.28 Å². The van der Waals surface area contributed by atoms with Gasteiger partial charge in [-0.3, -0.25) is 0 Å². The summed E-state index contributed by atoms with van der Waals surface area (Å²) < 4.78 is 12.2. The molecule has 134 valence electrons. The molecule has 3 nitrogen and oxygen atoms in total.